The summed E-state index contributed by atoms with van der Waals surface area (Å²) < 4.78 is 2.27. The molecular formula is C31H34N2O2. The van der Waals surface area contributed by atoms with Crippen molar-refractivity contribution >= 4 is 5.97 Å². The van der Waals surface area contributed by atoms with Crippen LogP contribution in [0.3, 0.4) is 0 Å². The minimum Gasteiger partial charge on any atom is -0.481 e. The van der Waals surface area contributed by atoms with Gasteiger partial charge in [-0.2, -0.15) is 0 Å². The Kier molecular flexibility index (Phi) is 8.50. The van der Waals surface area contributed by atoms with Crippen molar-refractivity contribution in [2.75, 3.05) is 0 Å². The number of aryl methyl sites for hydroxylation is 1. The lowest BCUT2D eigenvalue weighted by molar-refractivity contribution is -0.137. The summed E-state index contributed by atoms with van der Waals surface area (Å²) in [4.78, 5) is 15.4. The van der Waals surface area contributed by atoms with Gasteiger partial charge in [-0.3, -0.25) is 4.79 Å². The Hall–Kier alpha value is -3.66. The molecule has 0 unspecified atom stereocenters. The predicted octanol–water partition coefficient (Wildman–Crippen LogP) is 7.08. The van der Waals surface area contributed by atoms with E-state index < -0.39 is 11.5 Å². The number of carboxylic acid groups (broad SMARTS) is 1. The van der Waals surface area contributed by atoms with E-state index in [0.717, 1.165) is 50.6 Å². The number of rotatable bonds is 13. The summed E-state index contributed by atoms with van der Waals surface area (Å²) in [6.07, 6.45) is 11.7. The van der Waals surface area contributed by atoms with Gasteiger partial charge in [0.25, 0.3) is 0 Å². The molecule has 0 radical (unpaired) electrons. The van der Waals surface area contributed by atoms with Crippen molar-refractivity contribution in [3.05, 3.63) is 126 Å². The van der Waals surface area contributed by atoms with E-state index in [1.165, 1.54) is 16.7 Å². The maximum absolute atomic E-state index is 10.6. The van der Waals surface area contributed by atoms with Crippen molar-refractivity contribution in [1.82, 2.24) is 9.55 Å². The second kappa shape index (κ2) is 12.2. The fourth-order valence-corrected chi connectivity index (χ4v) is 4.95. The van der Waals surface area contributed by atoms with Crippen LogP contribution in [0.5, 0.6) is 0 Å². The van der Waals surface area contributed by atoms with Crippen LogP contribution in [0.1, 0.15) is 67.3 Å². The number of hydrogen-bond donors (Lipinski definition) is 1. The van der Waals surface area contributed by atoms with E-state index in [0.29, 0.717) is 0 Å². The summed E-state index contributed by atoms with van der Waals surface area (Å²) in [6.45, 7) is 0. The second-order valence-corrected chi connectivity index (χ2v) is 9.10. The van der Waals surface area contributed by atoms with Crippen molar-refractivity contribution in [3.63, 3.8) is 0 Å². The first-order chi connectivity index (χ1) is 17.2. The van der Waals surface area contributed by atoms with Gasteiger partial charge in [-0.05, 0) is 36.0 Å². The summed E-state index contributed by atoms with van der Waals surface area (Å²) in [7, 11) is 0. The molecule has 4 aromatic rings. The minimum absolute atomic E-state index is 0.281. The second-order valence-electron chi connectivity index (χ2n) is 9.10. The van der Waals surface area contributed by atoms with Crippen LogP contribution >= 0.6 is 0 Å². The number of hydrogen-bond acceptors (Lipinski definition) is 2. The molecule has 0 spiro atoms. The van der Waals surface area contributed by atoms with Crippen LogP contribution in [0.25, 0.3) is 0 Å². The normalized spacial score (nSPS) is 11.4. The molecule has 1 heterocycles. The Labute approximate surface area is 208 Å². The molecule has 0 aliphatic carbocycles. The van der Waals surface area contributed by atoms with E-state index in [4.69, 9.17) is 10.1 Å². The van der Waals surface area contributed by atoms with Gasteiger partial charge in [0.2, 0.25) is 0 Å². The molecule has 35 heavy (non-hydrogen) atoms. The summed E-state index contributed by atoms with van der Waals surface area (Å²) in [5, 5.41) is 8.75. The summed E-state index contributed by atoms with van der Waals surface area (Å²) in [5.74, 6) is -0.696. The standard InChI is InChI=1S/C31H34N2O2/c34-30(35)23-15-4-2-1-3-14-22-29-24-33(25-32-29)31(26-16-8-5-9-17-26,27-18-10-6-11-19-27)28-20-12-7-13-21-28/h5-13,16-21,24-25H,1-4,14-15,22-23H2,(H,34,35). The smallest absolute Gasteiger partial charge is 0.303 e. The summed E-state index contributed by atoms with van der Waals surface area (Å²) >= 11 is 0. The first kappa shape index (κ1) is 24.5. The molecular weight excluding hydrogens is 432 g/mol. The number of benzene rings is 3. The largest absolute Gasteiger partial charge is 0.481 e. The highest BCUT2D eigenvalue weighted by Crippen LogP contribution is 2.40. The van der Waals surface area contributed by atoms with Crippen molar-refractivity contribution in [1.29, 1.82) is 0 Å². The van der Waals surface area contributed by atoms with Gasteiger partial charge in [-0.15, -0.1) is 0 Å². The van der Waals surface area contributed by atoms with E-state index in [9.17, 15) is 4.79 Å². The Balaban J connectivity index is 1.57. The van der Waals surface area contributed by atoms with Gasteiger partial charge >= 0.3 is 5.97 Å². The average Bonchev–Trinajstić information content (AvgIpc) is 3.37. The van der Waals surface area contributed by atoms with Crippen molar-refractivity contribution in [3.8, 4) is 0 Å². The Morgan fingerprint density at radius 2 is 1.14 bits per heavy atom. The van der Waals surface area contributed by atoms with Gasteiger partial charge in [-0.25, -0.2) is 4.98 Å². The highest BCUT2D eigenvalue weighted by molar-refractivity contribution is 5.66. The minimum atomic E-state index is -0.696. The molecule has 1 N–H and O–H groups in total. The zero-order chi connectivity index (χ0) is 24.3. The van der Waals surface area contributed by atoms with Crippen molar-refractivity contribution in [2.24, 2.45) is 0 Å². The first-order valence-corrected chi connectivity index (χ1v) is 12.6. The SMILES string of the molecule is O=C(O)CCCCCCCCc1cn(C(c2ccccc2)(c2ccccc2)c2ccccc2)cn1. The molecule has 0 saturated heterocycles. The molecule has 1 aromatic heterocycles. The monoisotopic (exact) mass is 466 g/mol. The Morgan fingerprint density at radius 3 is 1.63 bits per heavy atom. The van der Waals surface area contributed by atoms with Crippen LogP contribution in [-0.4, -0.2) is 20.6 Å². The van der Waals surface area contributed by atoms with Crippen LogP contribution in [-0.2, 0) is 16.8 Å². The zero-order valence-electron chi connectivity index (χ0n) is 20.2. The predicted molar refractivity (Wildman–Crippen MR) is 140 cm³/mol. The van der Waals surface area contributed by atoms with Crippen molar-refractivity contribution < 1.29 is 9.90 Å². The molecule has 0 amide bonds. The molecule has 0 atom stereocenters. The molecule has 180 valence electrons. The van der Waals surface area contributed by atoms with Gasteiger partial charge in [0.05, 0.1) is 12.0 Å². The van der Waals surface area contributed by atoms with Gasteiger partial charge in [0, 0.05) is 12.6 Å². The van der Waals surface area contributed by atoms with Gasteiger partial charge in [0.15, 0.2) is 0 Å². The quantitative estimate of drug-likeness (QED) is 0.169. The maximum atomic E-state index is 10.6. The molecule has 0 bridgehead atoms. The molecule has 0 aliphatic heterocycles. The highest BCUT2D eigenvalue weighted by Gasteiger charge is 2.38. The number of aliphatic carboxylic acids is 1. The molecule has 4 heteroatoms. The fourth-order valence-electron chi connectivity index (χ4n) is 4.95. The number of carbonyl (C=O) groups is 1. The van der Waals surface area contributed by atoms with E-state index in [2.05, 4.69) is 102 Å². The Morgan fingerprint density at radius 1 is 0.686 bits per heavy atom. The third kappa shape index (κ3) is 5.89. The van der Waals surface area contributed by atoms with Crippen LogP contribution in [0.4, 0.5) is 0 Å². The van der Waals surface area contributed by atoms with Crippen LogP contribution in [0, 0.1) is 0 Å². The topological polar surface area (TPSA) is 55.1 Å². The van der Waals surface area contributed by atoms with E-state index in [1.54, 1.807) is 0 Å². The molecule has 0 fully saturated rings. The first-order valence-electron chi connectivity index (χ1n) is 12.6. The number of imidazole rings is 1. The van der Waals surface area contributed by atoms with Crippen molar-refractivity contribution in [2.45, 2.75) is 56.9 Å². The lowest BCUT2D eigenvalue weighted by atomic mass is 9.77. The summed E-state index contributed by atoms with van der Waals surface area (Å²) in [5.41, 5.74) is 4.18. The van der Waals surface area contributed by atoms with Crippen LogP contribution in [0.15, 0.2) is 104 Å². The number of unbranched alkanes of at least 4 members (excludes halogenated alkanes) is 5. The molecule has 0 aliphatic rings. The summed E-state index contributed by atoms with van der Waals surface area (Å²) in [6, 6.07) is 32.0. The van der Waals surface area contributed by atoms with E-state index in [-0.39, 0.29) is 6.42 Å². The zero-order valence-corrected chi connectivity index (χ0v) is 20.2. The lowest BCUT2D eigenvalue weighted by Gasteiger charge is -2.37. The van der Waals surface area contributed by atoms with E-state index >= 15 is 0 Å². The van der Waals surface area contributed by atoms with Gasteiger partial charge in [-0.1, -0.05) is 117 Å². The lowest BCUT2D eigenvalue weighted by Crippen LogP contribution is -2.36. The van der Waals surface area contributed by atoms with Crippen LogP contribution in [0.2, 0.25) is 0 Å². The number of aromatic nitrogens is 2. The molecule has 4 nitrogen and oxygen atoms in total. The highest BCUT2D eigenvalue weighted by atomic mass is 16.4. The number of carboxylic acids is 1. The van der Waals surface area contributed by atoms with Crippen LogP contribution < -0.4 is 0 Å². The van der Waals surface area contributed by atoms with Gasteiger partial charge < -0.3 is 9.67 Å². The Bertz CT molecular complexity index is 1070. The average molecular weight is 467 g/mol. The molecule has 4 rings (SSSR count). The fraction of sp³-hybridized carbons (Fsp3) is 0.290. The maximum Gasteiger partial charge on any atom is 0.303 e. The van der Waals surface area contributed by atoms with E-state index in [1.807, 2.05) is 6.33 Å². The third-order valence-electron chi connectivity index (χ3n) is 6.67. The third-order valence-corrected chi connectivity index (χ3v) is 6.67. The van der Waals surface area contributed by atoms with Gasteiger partial charge in [0.1, 0.15) is 5.54 Å². The molecule has 0 saturated carbocycles. The number of nitrogens with zero attached hydrogens (tertiary/aromatic N) is 2. The molecule has 3 aromatic carbocycles.